The smallest absolute Gasteiger partial charge is 0.0146 e. The fourth-order valence-corrected chi connectivity index (χ4v) is 2.23. The molecule has 2 aromatic carbocycles. The Morgan fingerprint density at radius 1 is 0.923 bits per heavy atom. The molecule has 0 aromatic heterocycles. The Labute approximate surface area is 78.2 Å². The Morgan fingerprint density at radius 3 is 2.62 bits per heavy atom. The lowest BCUT2D eigenvalue weighted by Crippen LogP contribution is -2.08. The topological polar surface area (TPSA) is 0 Å². The standard InChI is InChI=1S/C13H12/c1-9-3-2-4-13-11(9)7-5-10-6-8-12(10)13/h2-5,7H,6,8H2,1H3. The average molecular weight is 168 g/mol. The van der Waals surface area contributed by atoms with Crippen molar-refractivity contribution < 1.29 is 0 Å². The van der Waals surface area contributed by atoms with E-state index >= 15 is 0 Å². The maximum atomic E-state index is 2.29. The van der Waals surface area contributed by atoms with Gasteiger partial charge < -0.3 is 0 Å². The van der Waals surface area contributed by atoms with Crippen LogP contribution < -0.4 is 0 Å². The molecule has 13 heavy (non-hydrogen) atoms. The molecular formula is C13H12. The molecule has 0 N–H and O–H groups in total. The van der Waals surface area contributed by atoms with Crippen LogP contribution in [0.15, 0.2) is 30.3 Å². The first-order valence-corrected chi connectivity index (χ1v) is 4.86. The van der Waals surface area contributed by atoms with Crippen LogP contribution >= 0.6 is 0 Å². The molecule has 0 radical (unpaired) electrons. The quantitative estimate of drug-likeness (QED) is 0.566. The van der Waals surface area contributed by atoms with Crippen molar-refractivity contribution in [1.82, 2.24) is 0 Å². The molecule has 64 valence electrons. The van der Waals surface area contributed by atoms with Crippen LogP contribution in [-0.2, 0) is 12.8 Å². The summed E-state index contributed by atoms with van der Waals surface area (Å²) in [5.74, 6) is 0. The van der Waals surface area contributed by atoms with Gasteiger partial charge in [-0.2, -0.15) is 0 Å². The lowest BCUT2D eigenvalue weighted by Gasteiger charge is -2.21. The van der Waals surface area contributed by atoms with Crippen LogP contribution in [0.5, 0.6) is 0 Å². The Kier molecular flexibility index (Phi) is 1.29. The molecule has 1 aliphatic carbocycles. The molecule has 0 unspecified atom stereocenters. The molecule has 3 rings (SSSR count). The minimum Gasteiger partial charge on any atom is -0.0614 e. The lowest BCUT2D eigenvalue weighted by atomic mass is 9.84. The Bertz CT molecular complexity index is 481. The Morgan fingerprint density at radius 2 is 1.85 bits per heavy atom. The van der Waals surface area contributed by atoms with E-state index in [9.17, 15) is 0 Å². The van der Waals surface area contributed by atoms with Gasteiger partial charge >= 0.3 is 0 Å². The second-order valence-corrected chi connectivity index (χ2v) is 3.87. The van der Waals surface area contributed by atoms with E-state index in [0.29, 0.717) is 0 Å². The van der Waals surface area contributed by atoms with Gasteiger partial charge in [0.1, 0.15) is 0 Å². The highest BCUT2D eigenvalue weighted by atomic mass is 14.2. The first-order valence-electron chi connectivity index (χ1n) is 4.86. The minimum absolute atomic E-state index is 1.27. The van der Waals surface area contributed by atoms with Gasteiger partial charge in [-0.25, -0.2) is 0 Å². The summed E-state index contributed by atoms with van der Waals surface area (Å²) in [4.78, 5) is 0. The minimum atomic E-state index is 1.27. The first kappa shape index (κ1) is 7.14. The predicted octanol–water partition coefficient (Wildman–Crippen LogP) is 3.25. The zero-order chi connectivity index (χ0) is 8.84. The molecule has 0 heteroatoms. The van der Waals surface area contributed by atoms with E-state index in [2.05, 4.69) is 37.3 Å². The highest BCUT2D eigenvalue weighted by Crippen LogP contribution is 2.31. The number of rotatable bonds is 0. The maximum absolute atomic E-state index is 2.29. The largest absolute Gasteiger partial charge is 0.0614 e. The normalized spacial score (nSPS) is 13.9. The number of hydrogen-bond donors (Lipinski definition) is 0. The molecule has 0 heterocycles. The van der Waals surface area contributed by atoms with Gasteiger partial charge in [-0.15, -0.1) is 0 Å². The van der Waals surface area contributed by atoms with Crippen molar-refractivity contribution in [3.8, 4) is 0 Å². The number of hydrogen-bond acceptors (Lipinski definition) is 0. The van der Waals surface area contributed by atoms with Gasteiger partial charge in [0.25, 0.3) is 0 Å². The van der Waals surface area contributed by atoms with Crippen LogP contribution in [-0.4, -0.2) is 0 Å². The highest BCUT2D eigenvalue weighted by molar-refractivity contribution is 5.90. The van der Waals surface area contributed by atoms with Crippen LogP contribution in [0.2, 0.25) is 0 Å². The zero-order valence-corrected chi connectivity index (χ0v) is 7.80. The second-order valence-electron chi connectivity index (χ2n) is 3.87. The van der Waals surface area contributed by atoms with Crippen LogP contribution in [0, 0.1) is 6.92 Å². The van der Waals surface area contributed by atoms with Gasteiger partial charge in [0.05, 0.1) is 0 Å². The van der Waals surface area contributed by atoms with Crippen molar-refractivity contribution in [3.63, 3.8) is 0 Å². The van der Waals surface area contributed by atoms with Gasteiger partial charge in [-0.3, -0.25) is 0 Å². The molecule has 0 fully saturated rings. The van der Waals surface area contributed by atoms with E-state index in [0.717, 1.165) is 0 Å². The summed E-state index contributed by atoms with van der Waals surface area (Å²) < 4.78 is 0. The molecule has 0 spiro atoms. The third kappa shape index (κ3) is 0.859. The van der Waals surface area contributed by atoms with E-state index in [1.54, 1.807) is 11.1 Å². The van der Waals surface area contributed by atoms with Crippen LogP contribution in [0.1, 0.15) is 16.7 Å². The van der Waals surface area contributed by atoms with Gasteiger partial charge in [0, 0.05) is 0 Å². The molecule has 2 aromatic rings. The van der Waals surface area contributed by atoms with Crippen LogP contribution in [0.3, 0.4) is 0 Å². The summed E-state index contributed by atoms with van der Waals surface area (Å²) in [6, 6.07) is 11.2. The molecule has 1 aliphatic rings. The monoisotopic (exact) mass is 168 g/mol. The summed E-state index contributed by atoms with van der Waals surface area (Å²) in [7, 11) is 0. The van der Waals surface area contributed by atoms with E-state index in [-0.39, 0.29) is 0 Å². The van der Waals surface area contributed by atoms with Crippen LogP contribution in [0.25, 0.3) is 10.8 Å². The molecule has 0 saturated heterocycles. The fraction of sp³-hybridized carbons (Fsp3) is 0.231. The summed E-state index contributed by atoms with van der Waals surface area (Å²) in [5.41, 5.74) is 4.53. The second kappa shape index (κ2) is 2.35. The summed E-state index contributed by atoms with van der Waals surface area (Å²) in [6.45, 7) is 2.19. The van der Waals surface area contributed by atoms with Crippen molar-refractivity contribution in [1.29, 1.82) is 0 Å². The van der Waals surface area contributed by atoms with Gasteiger partial charge in [0.15, 0.2) is 0 Å². The van der Waals surface area contributed by atoms with E-state index in [1.807, 2.05) is 0 Å². The molecule has 0 amide bonds. The fourth-order valence-electron chi connectivity index (χ4n) is 2.23. The van der Waals surface area contributed by atoms with E-state index < -0.39 is 0 Å². The van der Waals surface area contributed by atoms with Gasteiger partial charge in [0.2, 0.25) is 0 Å². The number of fused-ring (bicyclic) bond motifs is 3. The molecule has 0 aliphatic heterocycles. The van der Waals surface area contributed by atoms with Crippen molar-refractivity contribution in [2.24, 2.45) is 0 Å². The Hall–Kier alpha value is -1.30. The average Bonchev–Trinajstić information content (AvgIpc) is 2.06. The van der Waals surface area contributed by atoms with Gasteiger partial charge in [-0.05, 0) is 47.2 Å². The van der Waals surface area contributed by atoms with Crippen molar-refractivity contribution in [2.45, 2.75) is 19.8 Å². The first-order chi connectivity index (χ1) is 6.36. The number of benzene rings is 2. The molecular weight excluding hydrogens is 156 g/mol. The maximum Gasteiger partial charge on any atom is -0.0146 e. The number of aryl methyl sites for hydroxylation is 3. The van der Waals surface area contributed by atoms with E-state index in [1.165, 1.54) is 29.2 Å². The van der Waals surface area contributed by atoms with Crippen LogP contribution in [0.4, 0.5) is 0 Å². The molecule has 0 bridgehead atoms. The van der Waals surface area contributed by atoms with Crippen molar-refractivity contribution >= 4 is 10.8 Å². The molecule has 0 atom stereocenters. The lowest BCUT2D eigenvalue weighted by molar-refractivity contribution is 0.852. The summed E-state index contributed by atoms with van der Waals surface area (Å²) >= 11 is 0. The summed E-state index contributed by atoms with van der Waals surface area (Å²) in [5, 5.41) is 2.91. The Balaban J connectivity index is 2.49. The van der Waals surface area contributed by atoms with Gasteiger partial charge in [-0.1, -0.05) is 30.3 Å². The third-order valence-electron chi connectivity index (χ3n) is 3.13. The van der Waals surface area contributed by atoms with E-state index in [4.69, 9.17) is 0 Å². The predicted molar refractivity (Wildman–Crippen MR) is 56.1 cm³/mol. The third-order valence-corrected chi connectivity index (χ3v) is 3.13. The van der Waals surface area contributed by atoms with Crippen molar-refractivity contribution in [2.75, 3.05) is 0 Å². The zero-order valence-electron chi connectivity index (χ0n) is 7.80. The molecule has 0 nitrogen and oxygen atoms in total. The SMILES string of the molecule is Cc1cccc2c3c(ccc12)CC3. The highest BCUT2D eigenvalue weighted by Gasteiger charge is 2.15. The summed E-state index contributed by atoms with van der Waals surface area (Å²) in [6.07, 6.45) is 2.55. The molecule has 0 saturated carbocycles. The van der Waals surface area contributed by atoms with Crippen molar-refractivity contribution in [3.05, 3.63) is 47.0 Å².